The fourth-order valence-electron chi connectivity index (χ4n) is 3.15. The number of nitrogens with zero attached hydrogens (tertiary/aromatic N) is 1. The van der Waals surface area contributed by atoms with Crippen LogP contribution in [0.5, 0.6) is 5.75 Å². The zero-order valence-corrected chi connectivity index (χ0v) is 19.0. The summed E-state index contributed by atoms with van der Waals surface area (Å²) in [6.07, 6.45) is -1.10. The van der Waals surface area contributed by atoms with Gasteiger partial charge >= 0.3 is 12.1 Å². The Morgan fingerprint density at radius 3 is 2.32 bits per heavy atom. The minimum absolute atomic E-state index is 0.00341. The molecular weight excluding hydrogens is 446 g/mol. The molecule has 0 aliphatic heterocycles. The molecule has 11 nitrogen and oxygen atoms in total. The van der Waals surface area contributed by atoms with Gasteiger partial charge in [0.1, 0.15) is 24.4 Å². The van der Waals surface area contributed by atoms with Crippen LogP contribution in [0.1, 0.15) is 25.0 Å². The third kappa shape index (κ3) is 7.47. The summed E-state index contributed by atoms with van der Waals surface area (Å²) in [5.41, 5.74) is 0.759. The van der Waals surface area contributed by atoms with E-state index in [9.17, 15) is 29.6 Å². The lowest BCUT2D eigenvalue weighted by molar-refractivity contribution is -0.384. The third-order valence-corrected chi connectivity index (χ3v) is 4.95. The number of carbonyl (C=O) groups is 3. The highest BCUT2D eigenvalue weighted by Gasteiger charge is 2.30. The third-order valence-electron chi connectivity index (χ3n) is 4.95. The molecule has 2 aromatic carbocycles. The second-order valence-electron chi connectivity index (χ2n) is 7.78. The normalized spacial score (nSPS) is 12.4. The van der Waals surface area contributed by atoms with Gasteiger partial charge in [0.2, 0.25) is 5.91 Å². The maximum atomic E-state index is 12.8. The van der Waals surface area contributed by atoms with Crippen LogP contribution in [0, 0.1) is 16.0 Å². The van der Waals surface area contributed by atoms with Gasteiger partial charge < -0.3 is 25.2 Å². The van der Waals surface area contributed by atoms with E-state index in [0.29, 0.717) is 0 Å². The van der Waals surface area contributed by atoms with Gasteiger partial charge in [-0.1, -0.05) is 44.2 Å². The van der Waals surface area contributed by atoms with Crippen molar-refractivity contribution in [1.29, 1.82) is 0 Å². The standard InChI is InChI=1S/C23H27N3O8/c1-14(2)20(25-23(30)34-13-15-7-5-4-6-8-15)21(27)24-18(22(28)29)12-16-11-17(26(31)32)9-10-19(16)33-3/h4-11,14,18,20H,12-13H2,1-3H3,(H,24,27)(H,25,30)(H,28,29)/t18-,20+/m0/s1. The number of methoxy groups -OCH3 is 1. The van der Waals surface area contributed by atoms with Crippen molar-refractivity contribution in [1.82, 2.24) is 10.6 Å². The molecule has 0 saturated carbocycles. The average Bonchev–Trinajstić information content (AvgIpc) is 2.80. The first-order chi connectivity index (χ1) is 16.1. The van der Waals surface area contributed by atoms with Gasteiger partial charge in [-0.15, -0.1) is 0 Å². The summed E-state index contributed by atoms with van der Waals surface area (Å²) in [6, 6.07) is 10.3. The lowest BCUT2D eigenvalue weighted by Gasteiger charge is -2.24. The molecule has 2 atom stereocenters. The second-order valence-corrected chi connectivity index (χ2v) is 7.78. The summed E-state index contributed by atoms with van der Waals surface area (Å²) in [5.74, 6) is -2.22. The molecule has 0 heterocycles. The molecular formula is C23H27N3O8. The minimum atomic E-state index is -1.42. The highest BCUT2D eigenvalue weighted by molar-refractivity contribution is 5.89. The number of benzene rings is 2. The lowest BCUT2D eigenvalue weighted by Crippen LogP contribution is -2.54. The van der Waals surface area contributed by atoms with Crippen molar-refractivity contribution in [2.75, 3.05) is 7.11 Å². The van der Waals surface area contributed by atoms with Crippen LogP contribution < -0.4 is 15.4 Å². The molecule has 0 aliphatic rings. The number of amides is 2. The Morgan fingerprint density at radius 2 is 1.76 bits per heavy atom. The first-order valence-electron chi connectivity index (χ1n) is 10.4. The molecule has 2 aromatic rings. The number of nitrogens with one attached hydrogen (secondary N) is 2. The van der Waals surface area contributed by atoms with E-state index in [1.807, 2.05) is 6.07 Å². The molecule has 34 heavy (non-hydrogen) atoms. The summed E-state index contributed by atoms with van der Waals surface area (Å²) in [4.78, 5) is 47.4. The van der Waals surface area contributed by atoms with Gasteiger partial charge in [0, 0.05) is 24.1 Å². The van der Waals surface area contributed by atoms with Gasteiger partial charge in [0.05, 0.1) is 12.0 Å². The summed E-state index contributed by atoms with van der Waals surface area (Å²) < 4.78 is 10.3. The number of rotatable bonds is 11. The molecule has 0 spiro atoms. The van der Waals surface area contributed by atoms with Crippen LogP contribution in [-0.2, 0) is 27.4 Å². The smallest absolute Gasteiger partial charge is 0.408 e. The molecule has 0 bridgehead atoms. The molecule has 3 N–H and O–H groups in total. The van der Waals surface area contributed by atoms with Gasteiger partial charge in [-0.2, -0.15) is 0 Å². The van der Waals surface area contributed by atoms with Crippen LogP contribution in [0.4, 0.5) is 10.5 Å². The van der Waals surface area contributed by atoms with Gasteiger partial charge in [0.15, 0.2) is 0 Å². The number of non-ortho nitro benzene ring substituents is 1. The number of ether oxygens (including phenoxy) is 2. The van der Waals surface area contributed by atoms with Crippen LogP contribution in [0.3, 0.4) is 0 Å². The fraction of sp³-hybridized carbons (Fsp3) is 0.348. The zero-order chi connectivity index (χ0) is 25.3. The first-order valence-corrected chi connectivity index (χ1v) is 10.4. The van der Waals surface area contributed by atoms with E-state index in [1.54, 1.807) is 38.1 Å². The lowest BCUT2D eigenvalue weighted by atomic mass is 10.0. The molecule has 0 aliphatic carbocycles. The predicted molar refractivity (Wildman–Crippen MR) is 121 cm³/mol. The number of carboxylic acid groups (broad SMARTS) is 1. The Labute approximate surface area is 196 Å². The first kappa shape index (κ1) is 26.1. The Kier molecular flexibility index (Phi) is 9.36. The van der Waals surface area contributed by atoms with Crippen LogP contribution in [0.25, 0.3) is 0 Å². The molecule has 2 amide bonds. The van der Waals surface area contributed by atoms with Crippen LogP contribution in [0.15, 0.2) is 48.5 Å². The van der Waals surface area contributed by atoms with Crippen molar-refractivity contribution in [3.8, 4) is 5.75 Å². The van der Waals surface area contributed by atoms with Crippen LogP contribution in [-0.4, -0.2) is 47.2 Å². The van der Waals surface area contributed by atoms with Crippen molar-refractivity contribution in [3.05, 3.63) is 69.8 Å². The topological polar surface area (TPSA) is 157 Å². The van der Waals surface area contributed by atoms with E-state index in [-0.39, 0.29) is 35.9 Å². The van der Waals surface area contributed by atoms with Crippen LogP contribution >= 0.6 is 0 Å². The number of nitro groups is 1. The summed E-state index contributed by atoms with van der Waals surface area (Å²) >= 11 is 0. The quantitative estimate of drug-likeness (QED) is 0.332. The van der Waals surface area contributed by atoms with E-state index in [0.717, 1.165) is 5.56 Å². The van der Waals surface area contributed by atoms with E-state index in [2.05, 4.69) is 10.6 Å². The molecule has 182 valence electrons. The molecule has 11 heteroatoms. The van der Waals surface area contributed by atoms with Crippen molar-refractivity contribution < 1.29 is 33.9 Å². The maximum absolute atomic E-state index is 12.8. The monoisotopic (exact) mass is 473 g/mol. The van der Waals surface area contributed by atoms with Crippen molar-refractivity contribution >= 4 is 23.7 Å². The number of alkyl carbamates (subject to hydrolysis) is 1. The molecule has 0 unspecified atom stereocenters. The Morgan fingerprint density at radius 1 is 1.09 bits per heavy atom. The van der Waals surface area contributed by atoms with Crippen molar-refractivity contribution in [2.45, 2.75) is 39.0 Å². The molecule has 0 aromatic heterocycles. The van der Waals surface area contributed by atoms with Crippen molar-refractivity contribution in [2.24, 2.45) is 5.92 Å². The van der Waals surface area contributed by atoms with E-state index in [1.165, 1.54) is 25.3 Å². The summed E-state index contributed by atoms with van der Waals surface area (Å²) in [5, 5.41) is 25.6. The number of aliphatic carboxylic acids is 1. The number of hydrogen-bond acceptors (Lipinski definition) is 7. The highest BCUT2D eigenvalue weighted by Crippen LogP contribution is 2.25. The number of carboxylic acids is 1. The van der Waals surface area contributed by atoms with Gasteiger partial charge in [-0.05, 0) is 17.5 Å². The fourth-order valence-corrected chi connectivity index (χ4v) is 3.15. The molecule has 0 saturated heterocycles. The minimum Gasteiger partial charge on any atom is -0.496 e. The second kappa shape index (κ2) is 12.2. The zero-order valence-electron chi connectivity index (χ0n) is 19.0. The average molecular weight is 473 g/mol. The largest absolute Gasteiger partial charge is 0.496 e. The SMILES string of the molecule is COc1ccc([N+](=O)[O-])cc1C[C@H](NC(=O)[C@H](NC(=O)OCc1ccccc1)C(C)C)C(=O)O. The molecule has 0 fully saturated rings. The number of hydrogen-bond donors (Lipinski definition) is 3. The summed E-state index contributed by atoms with van der Waals surface area (Å²) in [7, 11) is 1.35. The number of nitro benzene ring substituents is 1. The Balaban J connectivity index is 2.10. The molecule has 2 rings (SSSR count). The Bertz CT molecular complexity index is 1030. The van der Waals surface area contributed by atoms with Crippen molar-refractivity contribution in [3.63, 3.8) is 0 Å². The van der Waals surface area contributed by atoms with E-state index < -0.39 is 35.0 Å². The maximum Gasteiger partial charge on any atom is 0.408 e. The van der Waals surface area contributed by atoms with E-state index >= 15 is 0 Å². The number of carbonyl (C=O) groups excluding carboxylic acids is 2. The van der Waals surface area contributed by atoms with Crippen LogP contribution in [0.2, 0.25) is 0 Å². The predicted octanol–water partition coefficient (Wildman–Crippen LogP) is 2.67. The van der Waals surface area contributed by atoms with Gasteiger partial charge in [-0.3, -0.25) is 14.9 Å². The van der Waals surface area contributed by atoms with E-state index in [4.69, 9.17) is 9.47 Å². The molecule has 0 radical (unpaired) electrons. The summed E-state index contributed by atoms with van der Waals surface area (Å²) in [6.45, 7) is 3.37. The van der Waals surface area contributed by atoms with Gasteiger partial charge in [-0.25, -0.2) is 9.59 Å². The Hall–Kier alpha value is -4.15. The highest BCUT2D eigenvalue weighted by atomic mass is 16.6. The van der Waals surface area contributed by atoms with Gasteiger partial charge in [0.25, 0.3) is 5.69 Å².